The number of hydrogen-bond donors (Lipinski definition) is 1. The number of fused-ring (bicyclic) bond motifs is 1. The summed E-state index contributed by atoms with van der Waals surface area (Å²) in [5.41, 5.74) is 6.34. The van der Waals surface area contributed by atoms with E-state index in [9.17, 15) is 0 Å². The fourth-order valence-corrected chi connectivity index (χ4v) is 3.92. The van der Waals surface area contributed by atoms with Crippen LogP contribution in [0, 0.1) is 0 Å². The zero-order valence-electron chi connectivity index (χ0n) is 10.9. The molecule has 96 valence electrons. The van der Waals surface area contributed by atoms with E-state index in [1.807, 2.05) is 0 Å². The Balaban J connectivity index is 1.77. The molecule has 3 aliphatic rings. The van der Waals surface area contributed by atoms with Crippen molar-refractivity contribution >= 4 is 5.96 Å². The third-order valence-corrected chi connectivity index (χ3v) is 4.81. The van der Waals surface area contributed by atoms with Crippen LogP contribution in [0.5, 0.6) is 0 Å². The topological polar surface area (TPSA) is 44.9 Å². The lowest BCUT2D eigenvalue weighted by Crippen LogP contribution is -2.59. The molecule has 0 radical (unpaired) electrons. The fourth-order valence-electron chi connectivity index (χ4n) is 3.92. The second-order valence-electron chi connectivity index (χ2n) is 5.84. The van der Waals surface area contributed by atoms with Crippen molar-refractivity contribution in [3.05, 3.63) is 0 Å². The van der Waals surface area contributed by atoms with Crippen molar-refractivity contribution in [2.45, 2.75) is 50.6 Å². The van der Waals surface area contributed by atoms with Gasteiger partial charge >= 0.3 is 0 Å². The Bertz CT molecular complexity index is 327. The van der Waals surface area contributed by atoms with Gasteiger partial charge in [0.05, 0.1) is 12.1 Å². The van der Waals surface area contributed by atoms with Crippen LogP contribution in [0.1, 0.15) is 39.0 Å². The van der Waals surface area contributed by atoms with Crippen LogP contribution in [0.15, 0.2) is 4.99 Å². The molecular weight excluding hydrogens is 212 g/mol. The zero-order valence-corrected chi connectivity index (χ0v) is 10.9. The van der Waals surface area contributed by atoms with Gasteiger partial charge in [-0.05, 0) is 38.6 Å². The Morgan fingerprint density at radius 2 is 2.35 bits per heavy atom. The molecule has 2 unspecified atom stereocenters. The smallest absolute Gasteiger partial charge is 0.191 e. The van der Waals surface area contributed by atoms with Crippen LogP contribution in [0.3, 0.4) is 0 Å². The first-order valence-electron chi connectivity index (χ1n) is 7.07. The number of hydrogen-bond acceptors (Lipinski definition) is 4. The van der Waals surface area contributed by atoms with Crippen LogP contribution in [-0.2, 0) is 0 Å². The second-order valence-corrected chi connectivity index (χ2v) is 5.84. The van der Waals surface area contributed by atoms with Crippen LogP contribution in [0.2, 0.25) is 0 Å². The van der Waals surface area contributed by atoms with Gasteiger partial charge in [-0.15, -0.1) is 0 Å². The fraction of sp³-hybridized carbons (Fsp3) is 0.923. The molecule has 0 aromatic rings. The van der Waals surface area contributed by atoms with Gasteiger partial charge in [-0.3, -0.25) is 4.99 Å². The molecule has 0 aromatic carbocycles. The van der Waals surface area contributed by atoms with Crippen molar-refractivity contribution in [1.29, 1.82) is 0 Å². The molecular formula is C13H24N4. The van der Waals surface area contributed by atoms with Crippen molar-refractivity contribution < 1.29 is 0 Å². The van der Waals surface area contributed by atoms with E-state index in [0.717, 1.165) is 31.5 Å². The number of rotatable bonds is 2. The van der Waals surface area contributed by atoms with E-state index < -0.39 is 0 Å². The molecule has 3 rings (SSSR count). The van der Waals surface area contributed by atoms with Crippen molar-refractivity contribution in [1.82, 2.24) is 9.80 Å². The monoisotopic (exact) mass is 236 g/mol. The summed E-state index contributed by atoms with van der Waals surface area (Å²) in [6, 6.07) is 0.796. The Hall–Kier alpha value is -0.770. The minimum absolute atomic E-state index is 0.269. The van der Waals surface area contributed by atoms with E-state index in [4.69, 9.17) is 5.73 Å². The minimum atomic E-state index is 0.269. The van der Waals surface area contributed by atoms with Gasteiger partial charge in [0.15, 0.2) is 5.96 Å². The van der Waals surface area contributed by atoms with Crippen molar-refractivity contribution in [2.75, 3.05) is 26.2 Å². The highest BCUT2D eigenvalue weighted by atomic mass is 15.4. The normalized spacial score (nSPS) is 37.6. The lowest BCUT2D eigenvalue weighted by atomic mass is 9.82. The molecule has 2 fully saturated rings. The summed E-state index contributed by atoms with van der Waals surface area (Å²) in [6.07, 6.45) is 6.43. The Labute approximate surface area is 104 Å². The number of guanidine groups is 1. The standard InChI is InChI=1S/C13H24N4/c1-2-6-17-12(14)15-10-13(17)5-8-16-7-3-4-11(16)9-13/h11H,2-10H2,1H3,(H2,14,15). The van der Waals surface area contributed by atoms with E-state index in [-0.39, 0.29) is 5.54 Å². The summed E-state index contributed by atoms with van der Waals surface area (Å²) in [7, 11) is 0. The average molecular weight is 236 g/mol. The Morgan fingerprint density at radius 1 is 1.47 bits per heavy atom. The van der Waals surface area contributed by atoms with E-state index in [0.29, 0.717) is 0 Å². The molecule has 0 aromatic heterocycles. The Kier molecular flexibility index (Phi) is 2.77. The summed E-state index contributed by atoms with van der Waals surface area (Å²) in [5.74, 6) is 0.790. The Morgan fingerprint density at radius 3 is 3.18 bits per heavy atom. The molecule has 3 heterocycles. The molecule has 4 heteroatoms. The maximum atomic E-state index is 6.07. The lowest BCUT2D eigenvalue weighted by Gasteiger charge is -2.47. The summed E-state index contributed by atoms with van der Waals surface area (Å²) in [4.78, 5) is 9.61. The van der Waals surface area contributed by atoms with Crippen LogP contribution in [0.25, 0.3) is 0 Å². The lowest BCUT2D eigenvalue weighted by molar-refractivity contribution is 0.0629. The van der Waals surface area contributed by atoms with Crippen molar-refractivity contribution in [3.8, 4) is 0 Å². The molecule has 0 amide bonds. The average Bonchev–Trinajstić information content (AvgIpc) is 2.89. The number of piperidine rings is 1. The number of nitrogens with two attached hydrogens (primary N) is 1. The molecule has 0 saturated carbocycles. The SMILES string of the molecule is CCCN1C(N)=NCC12CCN1CCCC1C2. The highest BCUT2D eigenvalue weighted by Gasteiger charge is 2.47. The molecule has 2 atom stereocenters. The maximum Gasteiger partial charge on any atom is 0.191 e. The van der Waals surface area contributed by atoms with Gasteiger partial charge in [0.2, 0.25) is 0 Å². The largest absolute Gasteiger partial charge is 0.370 e. The molecule has 0 bridgehead atoms. The zero-order chi connectivity index (χ0) is 11.9. The van der Waals surface area contributed by atoms with Crippen LogP contribution < -0.4 is 5.73 Å². The van der Waals surface area contributed by atoms with Gasteiger partial charge < -0.3 is 15.5 Å². The van der Waals surface area contributed by atoms with Gasteiger partial charge in [0.25, 0.3) is 0 Å². The summed E-state index contributed by atoms with van der Waals surface area (Å²) in [6.45, 7) is 6.79. The summed E-state index contributed by atoms with van der Waals surface area (Å²) in [5, 5.41) is 0. The first-order valence-corrected chi connectivity index (χ1v) is 7.07. The molecule has 3 aliphatic heterocycles. The van der Waals surface area contributed by atoms with Gasteiger partial charge in [0, 0.05) is 19.1 Å². The first kappa shape index (κ1) is 11.3. The minimum Gasteiger partial charge on any atom is -0.370 e. The third-order valence-electron chi connectivity index (χ3n) is 4.81. The van der Waals surface area contributed by atoms with Crippen molar-refractivity contribution in [2.24, 2.45) is 10.7 Å². The maximum absolute atomic E-state index is 6.07. The van der Waals surface area contributed by atoms with Gasteiger partial charge in [-0.2, -0.15) is 0 Å². The van der Waals surface area contributed by atoms with Crippen LogP contribution in [-0.4, -0.2) is 53.5 Å². The number of aliphatic imine (C=N–C) groups is 1. The molecule has 0 aliphatic carbocycles. The third kappa shape index (κ3) is 1.73. The quantitative estimate of drug-likeness (QED) is 0.778. The first-order chi connectivity index (χ1) is 8.25. The number of nitrogens with zero attached hydrogens (tertiary/aromatic N) is 3. The summed E-state index contributed by atoms with van der Waals surface area (Å²) >= 11 is 0. The highest BCUT2D eigenvalue weighted by molar-refractivity contribution is 5.81. The van der Waals surface area contributed by atoms with Crippen LogP contribution in [0.4, 0.5) is 0 Å². The van der Waals surface area contributed by atoms with Gasteiger partial charge in [-0.1, -0.05) is 6.92 Å². The van der Waals surface area contributed by atoms with E-state index in [1.165, 1.54) is 38.8 Å². The molecule has 17 heavy (non-hydrogen) atoms. The molecule has 2 saturated heterocycles. The predicted molar refractivity (Wildman–Crippen MR) is 70.0 cm³/mol. The van der Waals surface area contributed by atoms with Crippen molar-refractivity contribution in [3.63, 3.8) is 0 Å². The molecule has 4 nitrogen and oxygen atoms in total. The van der Waals surface area contributed by atoms with E-state index >= 15 is 0 Å². The molecule has 2 N–H and O–H groups in total. The molecule has 1 spiro atoms. The second kappa shape index (κ2) is 4.16. The van der Waals surface area contributed by atoms with Gasteiger partial charge in [-0.25, -0.2) is 0 Å². The van der Waals surface area contributed by atoms with Crippen LogP contribution >= 0.6 is 0 Å². The summed E-state index contributed by atoms with van der Waals surface area (Å²) < 4.78 is 0. The van der Waals surface area contributed by atoms with E-state index in [1.54, 1.807) is 0 Å². The predicted octanol–water partition coefficient (Wildman–Crippen LogP) is 1.02. The van der Waals surface area contributed by atoms with E-state index in [2.05, 4.69) is 21.7 Å². The highest BCUT2D eigenvalue weighted by Crippen LogP contribution is 2.39. The van der Waals surface area contributed by atoms with Gasteiger partial charge in [0.1, 0.15) is 0 Å².